The van der Waals surface area contributed by atoms with Gasteiger partial charge in [0.05, 0.1) is 17.1 Å². The Labute approximate surface area is 155 Å². The number of carbonyl (C=O) groups excluding carboxylic acids is 1. The van der Waals surface area contributed by atoms with Crippen LogP contribution < -0.4 is 10.9 Å². The number of likely N-dealkylation sites (N-methyl/N-ethyl adjacent to an activating group) is 1. The van der Waals surface area contributed by atoms with Crippen molar-refractivity contribution >= 4 is 21.6 Å². The number of rotatable bonds is 6. The van der Waals surface area contributed by atoms with E-state index in [2.05, 4.69) is 5.43 Å². The number of sulfonamides is 1. The van der Waals surface area contributed by atoms with Crippen LogP contribution in [0.1, 0.15) is 11.1 Å². The third kappa shape index (κ3) is 4.58. The molecule has 2 aromatic carbocycles. The number of benzene rings is 2. The van der Waals surface area contributed by atoms with Gasteiger partial charge < -0.3 is 0 Å². The highest BCUT2D eigenvalue weighted by Crippen LogP contribution is 2.19. The fraction of sp³-hybridized carbons (Fsp3) is 0.235. The molecule has 0 atom stereocenters. The van der Waals surface area contributed by atoms with Crippen molar-refractivity contribution in [3.63, 3.8) is 0 Å². The van der Waals surface area contributed by atoms with Gasteiger partial charge in [0.2, 0.25) is 10.0 Å². The smallest absolute Gasteiger partial charge is 0.253 e. The number of hydrogen-bond donors (Lipinski definition) is 2. The zero-order chi connectivity index (χ0) is 20.4. The molecule has 146 valence electrons. The minimum Gasteiger partial charge on any atom is -0.295 e. The average molecular weight is 401 g/mol. The lowest BCUT2D eigenvalue weighted by Gasteiger charge is -2.18. The summed E-state index contributed by atoms with van der Waals surface area (Å²) in [4.78, 5) is 11.9. The first-order valence-corrected chi connectivity index (χ1v) is 9.20. The van der Waals surface area contributed by atoms with Gasteiger partial charge in [-0.25, -0.2) is 21.6 Å². The summed E-state index contributed by atoms with van der Waals surface area (Å²) in [6.07, 6.45) is 0. The SMILES string of the molecule is Cc1ccc(S(=O)(=O)N(C)CC(=O)NNc2ccc(F)c(F)c2F)cc1C. The van der Waals surface area contributed by atoms with E-state index in [1.807, 2.05) is 12.3 Å². The number of amides is 1. The van der Waals surface area contributed by atoms with Gasteiger partial charge in [-0.05, 0) is 49.2 Å². The van der Waals surface area contributed by atoms with Crippen LogP contribution in [0.5, 0.6) is 0 Å². The van der Waals surface area contributed by atoms with Crippen LogP contribution in [0.25, 0.3) is 0 Å². The van der Waals surface area contributed by atoms with Gasteiger partial charge in [-0.15, -0.1) is 0 Å². The molecule has 0 radical (unpaired) electrons. The van der Waals surface area contributed by atoms with Crippen LogP contribution in [0.15, 0.2) is 35.2 Å². The van der Waals surface area contributed by atoms with Crippen molar-refractivity contribution in [2.45, 2.75) is 18.7 Å². The second-order valence-electron chi connectivity index (χ2n) is 5.90. The van der Waals surface area contributed by atoms with Crippen molar-refractivity contribution in [2.75, 3.05) is 19.0 Å². The van der Waals surface area contributed by atoms with E-state index in [1.165, 1.54) is 19.2 Å². The van der Waals surface area contributed by atoms with Crippen molar-refractivity contribution in [3.05, 3.63) is 58.9 Å². The fourth-order valence-corrected chi connectivity index (χ4v) is 3.35. The topological polar surface area (TPSA) is 78.5 Å². The normalized spacial score (nSPS) is 11.5. The van der Waals surface area contributed by atoms with E-state index in [0.29, 0.717) is 6.07 Å². The molecule has 0 saturated heterocycles. The van der Waals surface area contributed by atoms with Gasteiger partial charge in [0, 0.05) is 7.05 Å². The number of nitrogens with zero attached hydrogens (tertiary/aromatic N) is 1. The van der Waals surface area contributed by atoms with Gasteiger partial charge in [-0.2, -0.15) is 4.31 Å². The Morgan fingerprint density at radius 2 is 1.70 bits per heavy atom. The lowest BCUT2D eigenvalue weighted by molar-refractivity contribution is -0.120. The molecule has 0 heterocycles. The van der Waals surface area contributed by atoms with E-state index >= 15 is 0 Å². The average Bonchev–Trinajstić information content (AvgIpc) is 2.61. The largest absolute Gasteiger partial charge is 0.295 e. The summed E-state index contributed by atoms with van der Waals surface area (Å²) in [6, 6.07) is 6.16. The first-order valence-electron chi connectivity index (χ1n) is 7.76. The molecule has 0 spiro atoms. The van der Waals surface area contributed by atoms with Crippen LogP contribution in [0.2, 0.25) is 0 Å². The summed E-state index contributed by atoms with van der Waals surface area (Å²) in [5.74, 6) is -5.40. The van der Waals surface area contributed by atoms with Crippen molar-refractivity contribution in [1.29, 1.82) is 0 Å². The van der Waals surface area contributed by atoms with E-state index < -0.39 is 45.6 Å². The zero-order valence-corrected chi connectivity index (χ0v) is 15.6. The number of halogens is 3. The molecular formula is C17H18F3N3O3S. The Hall–Kier alpha value is -2.59. The van der Waals surface area contributed by atoms with Crippen LogP contribution >= 0.6 is 0 Å². The Kier molecular flexibility index (Phi) is 6.11. The number of hydrogen-bond acceptors (Lipinski definition) is 4. The highest BCUT2D eigenvalue weighted by atomic mass is 32.2. The number of anilines is 1. The highest BCUT2D eigenvalue weighted by Gasteiger charge is 2.23. The van der Waals surface area contributed by atoms with Crippen LogP contribution in [0.3, 0.4) is 0 Å². The Morgan fingerprint density at radius 1 is 1.04 bits per heavy atom. The Morgan fingerprint density at radius 3 is 2.33 bits per heavy atom. The molecule has 0 bridgehead atoms. The van der Waals surface area contributed by atoms with Crippen LogP contribution in [-0.4, -0.2) is 32.2 Å². The molecular weight excluding hydrogens is 383 g/mol. The second-order valence-corrected chi connectivity index (χ2v) is 7.95. The lowest BCUT2D eigenvalue weighted by atomic mass is 10.1. The molecule has 6 nitrogen and oxygen atoms in total. The fourth-order valence-electron chi connectivity index (χ4n) is 2.14. The van der Waals surface area contributed by atoms with Crippen LogP contribution in [0.4, 0.5) is 18.9 Å². The van der Waals surface area contributed by atoms with Crippen molar-refractivity contribution in [2.24, 2.45) is 0 Å². The van der Waals surface area contributed by atoms with Gasteiger partial charge in [-0.3, -0.25) is 15.6 Å². The Bertz CT molecular complexity index is 981. The van der Waals surface area contributed by atoms with Crippen LogP contribution in [0, 0.1) is 31.3 Å². The maximum Gasteiger partial charge on any atom is 0.253 e. The van der Waals surface area contributed by atoms with Crippen molar-refractivity contribution < 1.29 is 26.4 Å². The number of carbonyl (C=O) groups is 1. The minimum absolute atomic E-state index is 0.0282. The molecule has 2 rings (SSSR count). The summed E-state index contributed by atoms with van der Waals surface area (Å²) in [5.41, 5.74) is 5.34. The van der Waals surface area contributed by atoms with E-state index in [-0.39, 0.29) is 4.90 Å². The predicted octanol–water partition coefficient (Wildman–Crippen LogP) is 2.48. The maximum atomic E-state index is 13.5. The van der Waals surface area contributed by atoms with Gasteiger partial charge >= 0.3 is 0 Å². The minimum atomic E-state index is -3.92. The van der Waals surface area contributed by atoms with Gasteiger partial charge in [-0.1, -0.05) is 6.07 Å². The van der Waals surface area contributed by atoms with E-state index in [1.54, 1.807) is 13.0 Å². The summed E-state index contributed by atoms with van der Waals surface area (Å²) in [6.45, 7) is 3.03. The molecule has 0 aliphatic carbocycles. The summed E-state index contributed by atoms with van der Waals surface area (Å²) < 4.78 is 65.4. The second kappa shape index (κ2) is 7.97. The molecule has 0 aliphatic heterocycles. The number of nitrogens with one attached hydrogen (secondary N) is 2. The molecule has 2 aromatic rings. The van der Waals surface area contributed by atoms with Crippen molar-refractivity contribution in [3.8, 4) is 0 Å². The molecule has 1 amide bonds. The van der Waals surface area contributed by atoms with E-state index in [0.717, 1.165) is 21.5 Å². The Balaban J connectivity index is 2.04. The summed E-state index contributed by atoms with van der Waals surface area (Å²) in [7, 11) is -2.71. The first kappa shape index (κ1) is 20.7. The van der Waals surface area contributed by atoms with Gasteiger partial charge in [0.15, 0.2) is 17.5 Å². The number of hydrazine groups is 1. The molecule has 27 heavy (non-hydrogen) atoms. The van der Waals surface area contributed by atoms with Crippen molar-refractivity contribution in [1.82, 2.24) is 9.73 Å². The highest BCUT2D eigenvalue weighted by molar-refractivity contribution is 7.89. The van der Waals surface area contributed by atoms with Gasteiger partial charge in [0.25, 0.3) is 5.91 Å². The molecule has 2 N–H and O–H groups in total. The lowest BCUT2D eigenvalue weighted by Crippen LogP contribution is -2.40. The molecule has 0 aromatic heterocycles. The zero-order valence-electron chi connectivity index (χ0n) is 14.8. The van der Waals surface area contributed by atoms with E-state index in [4.69, 9.17) is 0 Å². The third-order valence-corrected chi connectivity index (χ3v) is 5.72. The predicted molar refractivity (Wildman–Crippen MR) is 93.8 cm³/mol. The quantitative estimate of drug-likeness (QED) is 0.576. The first-order chi connectivity index (χ1) is 12.5. The van der Waals surface area contributed by atoms with Gasteiger partial charge in [0.1, 0.15) is 0 Å². The summed E-state index contributed by atoms with van der Waals surface area (Å²) in [5, 5.41) is 0. The summed E-state index contributed by atoms with van der Waals surface area (Å²) >= 11 is 0. The van der Waals surface area contributed by atoms with E-state index in [9.17, 15) is 26.4 Å². The standard InChI is InChI=1S/C17H18F3N3O3S/c1-10-4-5-12(8-11(10)2)27(25,26)23(3)9-15(24)22-21-14-7-6-13(18)16(19)17(14)20/h4-8,21H,9H2,1-3H3,(H,22,24). The maximum absolute atomic E-state index is 13.5. The molecule has 0 unspecified atom stereocenters. The van der Waals surface area contributed by atoms with Crippen LogP contribution in [-0.2, 0) is 14.8 Å². The monoisotopic (exact) mass is 401 g/mol. The molecule has 0 aliphatic rings. The molecule has 0 fully saturated rings. The number of aryl methyl sites for hydroxylation is 2. The third-order valence-electron chi connectivity index (χ3n) is 3.92. The molecule has 10 heteroatoms. The molecule has 0 saturated carbocycles.